The minimum absolute atomic E-state index is 0.0824. The fraction of sp³-hybridized carbons (Fsp3) is 0.200. The van der Waals surface area contributed by atoms with Crippen LogP contribution in [0.5, 0.6) is 0 Å². The lowest BCUT2D eigenvalue weighted by Gasteiger charge is -2.25. The summed E-state index contributed by atoms with van der Waals surface area (Å²) in [7, 11) is 0. The Balaban J connectivity index is 2.02. The van der Waals surface area contributed by atoms with Gasteiger partial charge in [0.25, 0.3) is 5.91 Å². The van der Waals surface area contributed by atoms with Crippen molar-refractivity contribution in [2.45, 2.75) is 12.5 Å². The molecule has 1 atom stereocenters. The molecule has 2 aromatic rings. The Kier molecular flexibility index (Phi) is 3.43. The first-order valence-electron chi connectivity index (χ1n) is 6.46. The molecule has 108 valence electrons. The molecule has 6 heteroatoms. The van der Waals surface area contributed by atoms with Crippen LogP contribution in [-0.4, -0.2) is 24.5 Å². The van der Waals surface area contributed by atoms with Crippen molar-refractivity contribution >= 4 is 17.6 Å². The standard InChI is InChI=1S/C15H12FNO4/c16-10-3-1-4-11(9-10)17(12-6-8-21-15(12)19)14(18)13-5-2-7-20-13/h1-5,7,9,12H,6,8H2. The van der Waals surface area contributed by atoms with E-state index in [1.54, 1.807) is 12.1 Å². The lowest BCUT2D eigenvalue weighted by atomic mass is 10.1. The number of carbonyl (C=O) groups excluding carboxylic acids is 2. The van der Waals surface area contributed by atoms with E-state index in [-0.39, 0.29) is 12.4 Å². The van der Waals surface area contributed by atoms with Gasteiger partial charge in [0.05, 0.1) is 12.9 Å². The van der Waals surface area contributed by atoms with Crippen molar-refractivity contribution in [2.24, 2.45) is 0 Å². The Morgan fingerprint density at radius 3 is 2.76 bits per heavy atom. The van der Waals surface area contributed by atoms with E-state index < -0.39 is 23.7 Å². The summed E-state index contributed by atoms with van der Waals surface area (Å²) in [4.78, 5) is 25.6. The first-order valence-corrected chi connectivity index (χ1v) is 6.46. The molecule has 0 N–H and O–H groups in total. The average molecular weight is 289 g/mol. The van der Waals surface area contributed by atoms with Gasteiger partial charge in [-0.2, -0.15) is 0 Å². The second-order valence-corrected chi connectivity index (χ2v) is 4.60. The van der Waals surface area contributed by atoms with Crippen molar-refractivity contribution in [3.05, 3.63) is 54.2 Å². The molecule has 1 aliphatic heterocycles. The van der Waals surface area contributed by atoms with Crippen LogP contribution in [0.15, 0.2) is 47.1 Å². The number of ether oxygens (including phenoxy) is 1. The van der Waals surface area contributed by atoms with Crippen LogP contribution in [0, 0.1) is 5.82 Å². The number of esters is 1. The quantitative estimate of drug-likeness (QED) is 0.814. The zero-order valence-electron chi connectivity index (χ0n) is 11.0. The summed E-state index contributed by atoms with van der Waals surface area (Å²) in [5.41, 5.74) is 0.292. The van der Waals surface area contributed by atoms with Crippen molar-refractivity contribution in [2.75, 3.05) is 11.5 Å². The molecule has 1 aromatic heterocycles. The summed E-state index contributed by atoms with van der Waals surface area (Å²) in [5.74, 6) is -1.41. The molecule has 1 fully saturated rings. The van der Waals surface area contributed by atoms with Gasteiger partial charge in [0.15, 0.2) is 5.76 Å². The summed E-state index contributed by atoms with van der Waals surface area (Å²) in [6.07, 6.45) is 1.73. The number of benzene rings is 1. The van der Waals surface area contributed by atoms with Crippen LogP contribution in [0.25, 0.3) is 0 Å². The highest BCUT2D eigenvalue weighted by Gasteiger charge is 2.37. The lowest BCUT2D eigenvalue weighted by Crippen LogP contribution is -2.43. The first-order chi connectivity index (χ1) is 10.2. The van der Waals surface area contributed by atoms with Crippen LogP contribution in [0.1, 0.15) is 17.0 Å². The van der Waals surface area contributed by atoms with E-state index in [9.17, 15) is 14.0 Å². The van der Waals surface area contributed by atoms with E-state index in [4.69, 9.17) is 9.15 Å². The molecule has 0 spiro atoms. The number of hydrogen-bond acceptors (Lipinski definition) is 4. The van der Waals surface area contributed by atoms with Gasteiger partial charge in [-0.1, -0.05) is 6.07 Å². The van der Waals surface area contributed by atoms with Crippen LogP contribution in [-0.2, 0) is 9.53 Å². The van der Waals surface area contributed by atoms with E-state index in [1.165, 1.54) is 35.4 Å². The normalized spacial score (nSPS) is 17.6. The van der Waals surface area contributed by atoms with Crippen LogP contribution in [0.3, 0.4) is 0 Å². The molecular weight excluding hydrogens is 277 g/mol. The largest absolute Gasteiger partial charge is 0.464 e. The summed E-state index contributed by atoms with van der Waals surface area (Å²) in [6, 6.07) is 7.81. The first kappa shape index (κ1) is 13.4. The second-order valence-electron chi connectivity index (χ2n) is 4.60. The SMILES string of the molecule is O=C1OCCC1N(C(=O)c1ccco1)c1cccc(F)c1. The van der Waals surface area contributed by atoms with E-state index >= 15 is 0 Å². The molecule has 1 amide bonds. The number of rotatable bonds is 3. The summed E-state index contributed by atoms with van der Waals surface area (Å²) >= 11 is 0. The van der Waals surface area contributed by atoms with Gasteiger partial charge in [0.1, 0.15) is 11.9 Å². The Morgan fingerprint density at radius 2 is 2.14 bits per heavy atom. The van der Waals surface area contributed by atoms with Gasteiger partial charge in [-0.25, -0.2) is 9.18 Å². The number of hydrogen-bond donors (Lipinski definition) is 0. The molecule has 0 radical (unpaired) electrons. The van der Waals surface area contributed by atoms with Crippen LogP contribution in [0.4, 0.5) is 10.1 Å². The number of furan rings is 1. The second kappa shape index (κ2) is 5.40. The van der Waals surface area contributed by atoms with Gasteiger partial charge >= 0.3 is 5.97 Å². The summed E-state index contributed by atoms with van der Waals surface area (Å²) < 4.78 is 23.4. The maximum absolute atomic E-state index is 13.4. The van der Waals surface area contributed by atoms with Crippen LogP contribution in [0.2, 0.25) is 0 Å². The number of cyclic esters (lactones) is 1. The van der Waals surface area contributed by atoms with E-state index in [2.05, 4.69) is 0 Å². The average Bonchev–Trinajstić information content (AvgIpc) is 3.11. The van der Waals surface area contributed by atoms with Crippen molar-refractivity contribution in [3.8, 4) is 0 Å². The van der Waals surface area contributed by atoms with E-state index in [0.29, 0.717) is 12.1 Å². The number of carbonyl (C=O) groups is 2. The molecule has 1 aromatic carbocycles. The predicted octanol–water partition coefficient (Wildman–Crippen LogP) is 2.38. The number of amides is 1. The van der Waals surface area contributed by atoms with Crippen molar-refractivity contribution < 1.29 is 23.1 Å². The van der Waals surface area contributed by atoms with Gasteiger partial charge in [-0.15, -0.1) is 0 Å². The highest BCUT2D eigenvalue weighted by atomic mass is 19.1. The Morgan fingerprint density at radius 1 is 1.29 bits per heavy atom. The minimum Gasteiger partial charge on any atom is -0.464 e. The molecule has 1 unspecified atom stereocenters. The fourth-order valence-electron chi connectivity index (χ4n) is 2.30. The highest BCUT2D eigenvalue weighted by molar-refractivity contribution is 6.08. The molecule has 0 aliphatic carbocycles. The van der Waals surface area contributed by atoms with Gasteiger partial charge in [-0.05, 0) is 30.3 Å². The van der Waals surface area contributed by atoms with Crippen molar-refractivity contribution in [1.82, 2.24) is 0 Å². The molecule has 3 rings (SSSR count). The monoisotopic (exact) mass is 289 g/mol. The Hall–Kier alpha value is -2.63. The molecule has 0 bridgehead atoms. The third-order valence-corrected chi connectivity index (χ3v) is 3.26. The molecule has 2 heterocycles. The summed E-state index contributed by atoms with van der Waals surface area (Å²) in [5, 5.41) is 0. The number of halogens is 1. The molecule has 21 heavy (non-hydrogen) atoms. The van der Waals surface area contributed by atoms with Crippen molar-refractivity contribution in [3.63, 3.8) is 0 Å². The smallest absolute Gasteiger partial charge is 0.329 e. The fourth-order valence-corrected chi connectivity index (χ4v) is 2.30. The molecule has 1 saturated heterocycles. The van der Waals surface area contributed by atoms with Crippen LogP contribution >= 0.6 is 0 Å². The molecule has 1 aliphatic rings. The van der Waals surface area contributed by atoms with Crippen LogP contribution < -0.4 is 4.90 Å². The lowest BCUT2D eigenvalue weighted by molar-refractivity contribution is -0.139. The van der Waals surface area contributed by atoms with Gasteiger partial charge < -0.3 is 9.15 Å². The summed E-state index contributed by atoms with van der Waals surface area (Å²) in [6.45, 7) is 0.237. The van der Waals surface area contributed by atoms with Gasteiger partial charge in [0, 0.05) is 12.1 Å². The topological polar surface area (TPSA) is 59.8 Å². The van der Waals surface area contributed by atoms with Gasteiger partial charge in [-0.3, -0.25) is 9.69 Å². The van der Waals surface area contributed by atoms with E-state index in [1.807, 2.05) is 0 Å². The third-order valence-electron chi connectivity index (χ3n) is 3.26. The zero-order valence-corrected chi connectivity index (χ0v) is 11.0. The van der Waals surface area contributed by atoms with Gasteiger partial charge in [0.2, 0.25) is 0 Å². The minimum atomic E-state index is -0.774. The third kappa shape index (κ3) is 2.52. The Bertz CT molecular complexity index is 668. The molecule has 5 nitrogen and oxygen atoms in total. The number of nitrogens with zero attached hydrogens (tertiary/aromatic N) is 1. The Labute approximate surface area is 119 Å². The van der Waals surface area contributed by atoms with Crippen molar-refractivity contribution in [1.29, 1.82) is 0 Å². The highest BCUT2D eigenvalue weighted by Crippen LogP contribution is 2.25. The number of anilines is 1. The van der Waals surface area contributed by atoms with E-state index in [0.717, 1.165) is 0 Å². The molecule has 0 saturated carbocycles. The molecular formula is C15H12FNO4. The maximum Gasteiger partial charge on any atom is 0.329 e. The maximum atomic E-state index is 13.4. The zero-order chi connectivity index (χ0) is 14.8. The predicted molar refractivity (Wildman–Crippen MR) is 71.3 cm³/mol.